The van der Waals surface area contributed by atoms with Crippen molar-refractivity contribution in [1.82, 2.24) is 0 Å². The third-order valence-electron chi connectivity index (χ3n) is 2.95. The van der Waals surface area contributed by atoms with Crippen LogP contribution in [0.5, 0.6) is 0 Å². The van der Waals surface area contributed by atoms with Gasteiger partial charge in [-0.1, -0.05) is 11.6 Å². The summed E-state index contributed by atoms with van der Waals surface area (Å²) < 4.78 is 13.0. The molecule has 0 aliphatic heterocycles. The summed E-state index contributed by atoms with van der Waals surface area (Å²) in [5.41, 5.74) is 1.75. The van der Waals surface area contributed by atoms with E-state index >= 15 is 0 Å². The fraction of sp³-hybridized carbons (Fsp3) is 0.125. The minimum atomic E-state index is -0.539. The molecule has 0 bridgehead atoms. The van der Waals surface area contributed by atoms with Crippen LogP contribution in [0.2, 0.25) is 5.02 Å². The molecule has 4 nitrogen and oxygen atoms in total. The van der Waals surface area contributed by atoms with Crippen LogP contribution in [0.1, 0.15) is 17.3 Å². The van der Waals surface area contributed by atoms with Crippen LogP contribution in [0.3, 0.4) is 0 Å². The van der Waals surface area contributed by atoms with Gasteiger partial charge in [-0.3, -0.25) is 9.59 Å². The second kappa shape index (κ2) is 7.04. The molecule has 2 rings (SSSR count). The van der Waals surface area contributed by atoms with E-state index in [2.05, 4.69) is 10.6 Å². The minimum absolute atomic E-state index is 0.0162. The van der Waals surface area contributed by atoms with Crippen LogP contribution in [0.4, 0.5) is 15.8 Å². The molecule has 1 amide bonds. The van der Waals surface area contributed by atoms with E-state index in [9.17, 15) is 14.0 Å². The number of halogens is 2. The molecule has 0 saturated carbocycles. The van der Waals surface area contributed by atoms with Crippen LogP contribution in [-0.4, -0.2) is 18.2 Å². The maximum atomic E-state index is 13.0. The van der Waals surface area contributed by atoms with Crippen LogP contribution in [0.15, 0.2) is 42.5 Å². The van der Waals surface area contributed by atoms with Crippen LogP contribution < -0.4 is 10.6 Å². The Labute approximate surface area is 132 Å². The molecule has 0 unspecified atom stereocenters. The number of Topliss-reactive ketones (excluding diaryl/α,β-unsaturated/α-hetero) is 1. The van der Waals surface area contributed by atoms with Gasteiger partial charge in [-0.2, -0.15) is 0 Å². The summed E-state index contributed by atoms with van der Waals surface area (Å²) >= 11 is 5.64. The van der Waals surface area contributed by atoms with Gasteiger partial charge in [-0.25, -0.2) is 4.39 Å². The normalized spacial score (nSPS) is 10.1. The lowest BCUT2D eigenvalue weighted by molar-refractivity contribution is -0.114. The van der Waals surface area contributed by atoms with Gasteiger partial charge < -0.3 is 10.6 Å². The van der Waals surface area contributed by atoms with Gasteiger partial charge in [0.2, 0.25) is 5.91 Å². The molecule has 0 spiro atoms. The van der Waals surface area contributed by atoms with E-state index in [4.69, 9.17) is 11.6 Å². The van der Waals surface area contributed by atoms with E-state index in [1.54, 1.807) is 24.3 Å². The molecular formula is C16H14ClFN2O2. The average molecular weight is 321 g/mol. The average Bonchev–Trinajstić information content (AvgIpc) is 2.49. The lowest BCUT2D eigenvalue weighted by Crippen LogP contribution is -2.21. The van der Waals surface area contributed by atoms with Gasteiger partial charge in [0.05, 0.1) is 11.6 Å². The maximum Gasteiger partial charge on any atom is 0.243 e. The monoisotopic (exact) mass is 320 g/mol. The maximum absolute atomic E-state index is 13.0. The third kappa shape index (κ3) is 4.30. The Balaban J connectivity index is 1.89. The minimum Gasteiger partial charge on any atom is -0.376 e. The Morgan fingerprint density at radius 1 is 1.09 bits per heavy atom. The van der Waals surface area contributed by atoms with Crippen molar-refractivity contribution in [2.75, 3.05) is 17.2 Å². The zero-order chi connectivity index (χ0) is 16.1. The first kappa shape index (κ1) is 16.0. The Kier molecular flexibility index (Phi) is 5.12. The van der Waals surface area contributed by atoms with Crippen molar-refractivity contribution in [2.45, 2.75) is 6.92 Å². The smallest absolute Gasteiger partial charge is 0.243 e. The Morgan fingerprint density at radius 3 is 2.32 bits per heavy atom. The Bertz CT molecular complexity index is 702. The molecule has 0 saturated heterocycles. The van der Waals surface area contributed by atoms with Crippen molar-refractivity contribution in [1.29, 1.82) is 0 Å². The van der Waals surface area contributed by atoms with Crippen LogP contribution in [0, 0.1) is 5.82 Å². The molecule has 22 heavy (non-hydrogen) atoms. The quantitative estimate of drug-likeness (QED) is 0.825. The number of hydrogen-bond donors (Lipinski definition) is 2. The summed E-state index contributed by atoms with van der Waals surface area (Å²) in [5.74, 6) is -0.848. The molecule has 6 heteroatoms. The van der Waals surface area contributed by atoms with Gasteiger partial charge in [-0.05, 0) is 49.4 Å². The number of benzene rings is 2. The van der Waals surface area contributed by atoms with Gasteiger partial charge in [0.1, 0.15) is 5.82 Å². The molecule has 2 aromatic carbocycles. The van der Waals surface area contributed by atoms with Crippen LogP contribution in [0.25, 0.3) is 0 Å². The summed E-state index contributed by atoms with van der Waals surface area (Å²) in [6.45, 7) is 1.53. The van der Waals surface area contributed by atoms with Crippen molar-refractivity contribution < 1.29 is 14.0 Å². The van der Waals surface area contributed by atoms with Gasteiger partial charge in [0, 0.05) is 16.9 Å². The summed E-state index contributed by atoms with van der Waals surface area (Å²) in [4.78, 5) is 22.9. The van der Waals surface area contributed by atoms with E-state index < -0.39 is 5.82 Å². The van der Waals surface area contributed by atoms with Crippen molar-refractivity contribution >= 4 is 34.7 Å². The van der Waals surface area contributed by atoms with Crippen molar-refractivity contribution in [2.24, 2.45) is 0 Å². The van der Waals surface area contributed by atoms with E-state index in [1.165, 1.54) is 25.1 Å². The number of carbonyl (C=O) groups excluding carboxylic acids is 2. The van der Waals surface area contributed by atoms with Crippen molar-refractivity contribution in [3.63, 3.8) is 0 Å². The number of rotatable bonds is 5. The lowest BCUT2D eigenvalue weighted by atomic mass is 10.1. The Morgan fingerprint density at radius 2 is 1.73 bits per heavy atom. The highest BCUT2D eigenvalue weighted by atomic mass is 35.5. The second-order valence-corrected chi connectivity index (χ2v) is 5.07. The number of nitrogens with one attached hydrogen (secondary N) is 2. The fourth-order valence-corrected chi connectivity index (χ4v) is 1.96. The first-order valence-corrected chi connectivity index (χ1v) is 6.93. The molecule has 2 N–H and O–H groups in total. The highest BCUT2D eigenvalue weighted by Crippen LogP contribution is 2.19. The molecule has 0 aliphatic carbocycles. The van der Waals surface area contributed by atoms with Gasteiger partial charge in [0.15, 0.2) is 5.78 Å². The number of amides is 1. The molecule has 0 fully saturated rings. The molecule has 114 valence electrons. The second-order valence-electron chi connectivity index (χ2n) is 4.66. The van der Waals surface area contributed by atoms with Crippen LogP contribution in [-0.2, 0) is 4.79 Å². The molecule has 0 heterocycles. The van der Waals surface area contributed by atoms with E-state index in [0.717, 1.165) is 5.69 Å². The number of carbonyl (C=O) groups is 2. The van der Waals surface area contributed by atoms with E-state index in [-0.39, 0.29) is 23.3 Å². The molecule has 2 aromatic rings. The van der Waals surface area contributed by atoms with Gasteiger partial charge in [-0.15, -0.1) is 0 Å². The van der Waals surface area contributed by atoms with Crippen LogP contribution >= 0.6 is 11.6 Å². The van der Waals surface area contributed by atoms with Crippen molar-refractivity contribution in [3.05, 3.63) is 58.9 Å². The van der Waals surface area contributed by atoms with Crippen molar-refractivity contribution in [3.8, 4) is 0 Å². The zero-order valence-electron chi connectivity index (χ0n) is 11.8. The number of hydrogen-bond acceptors (Lipinski definition) is 3. The topological polar surface area (TPSA) is 58.2 Å². The molecule has 0 atom stereocenters. The highest BCUT2D eigenvalue weighted by Gasteiger charge is 2.05. The summed E-state index contributed by atoms with van der Waals surface area (Å²) in [5, 5.41) is 5.48. The zero-order valence-corrected chi connectivity index (χ0v) is 12.6. The summed E-state index contributed by atoms with van der Waals surface area (Å²) in [6.07, 6.45) is 0. The third-order valence-corrected chi connectivity index (χ3v) is 3.24. The Hall–Kier alpha value is -2.40. The first-order valence-electron chi connectivity index (χ1n) is 6.55. The van der Waals surface area contributed by atoms with Gasteiger partial charge >= 0.3 is 0 Å². The number of ketones is 1. The molecule has 0 aliphatic rings. The largest absolute Gasteiger partial charge is 0.376 e. The highest BCUT2D eigenvalue weighted by molar-refractivity contribution is 6.31. The van der Waals surface area contributed by atoms with Gasteiger partial charge in [0.25, 0.3) is 0 Å². The standard InChI is InChI=1S/C16H14ClFN2O2/c1-10(21)11-2-4-12(5-3-11)19-9-16(22)20-13-6-7-15(18)14(17)8-13/h2-8,19H,9H2,1H3,(H,20,22). The number of anilines is 2. The SMILES string of the molecule is CC(=O)c1ccc(NCC(=O)Nc2ccc(F)c(Cl)c2)cc1. The van der Waals surface area contributed by atoms with E-state index in [0.29, 0.717) is 11.3 Å². The molecular weight excluding hydrogens is 307 g/mol. The first-order chi connectivity index (χ1) is 10.5. The predicted molar refractivity (Wildman–Crippen MR) is 85.0 cm³/mol. The molecule has 0 aromatic heterocycles. The summed E-state index contributed by atoms with van der Waals surface area (Å²) in [7, 11) is 0. The summed E-state index contributed by atoms with van der Waals surface area (Å²) in [6, 6.07) is 10.8. The lowest BCUT2D eigenvalue weighted by Gasteiger charge is -2.08. The molecule has 0 radical (unpaired) electrons. The van der Waals surface area contributed by atoms with E-state index in [1.807, 2.05) is 0 Å². The predicted octanol–water partition coefficient (Wildman–Crippen LogP) is 3.73. The fourth-order valence-electron chi connectivity index (χ4n) is 1.78.